The number of fused-ring (bicyclic) bond motifs is 1. The van der Waals surface area contributed by atoms with Gasteiger partial charge in [-0.3, -0.25) is 9.69 Å². The van der Waals surface area contributed by atoms with Crippen LogP contribution in [0.1, 0.15) is 47.7 Å². The fraction of sp³-hybridized carbons (Fsp3) is 0.400. The Bertz CT molecular complexity index is 930. The van der Waals surface area contributed by atoms with Crippen molar-refractivity contribution in [3.63, 3.8) is 0 Å². The van der Waals surface area contributed by atoms with Gasteiger partial charge in [-0.2, -0.15) is 4.98 Å². The van der Waals surface area contributed by atoms with Crippen LogP contribution in [-0.4, -0.2) is 49.5 Å². The number of nitrogens with zero attached hydrogens (tertiary/aromatic N) is 5. The molecule has 1 aliphatic heterocycles. The monoisotopic (exact) mass is 364 g/mol. The fourth-order valence-corrected chi connectivity index (χ4v) is 3.63. The van der Waals surface area contributed by atoms with E-state index in [0.717, 1.165) is 31.6 Å². The van der Waals surface area contributed by atoms with Crippen molar-refractivity contribution in [2.45, 2.75) is 38.8 Å². The molecule has 3 aromatic rings. The molecule has 0 radical (unpaired) electrons. The number of carbonyl (C=O) groups excluding carboxylic acids is 1. The molecule has 1 amide bonds. The smallest absolute Gasteiger partial charge is 0.291 e. The summed E-state index contributed by atoms with van der Waals surface area (Å²) >= 11 is 0. The standard InChI is InChI=1S/C20H24N6O/c1-14-8-11-21-20-23-18(24-26(14)20)19(27)22-17-9-12-25(13-10-17)15(2)16-6-4-3-5-7-16/h3-8,11,15,17H,9-10,12-13H2,1-2H3,(H,22,27)/t15-/m0/s1. The molecule has 0 spiro atoms. The minimum Gasteiger partial charge on any atom is -0.346 e. The van der Waals surface area contributed by atoms with Crippen molar-refractivity contribution in [1.29, 1.82) is 0 Å². The summed E-state index contributed by atoms with van der Waals surface area (Å²) in [5.41, 5.74) is 2.23. The lowest BCUT2D eigenvalue weighted by Gasteiger charge is -2.36. The molecule has 4 rings (SSSR count). The van der Waals surface area contributed by atoms with Crippen LogP contribution in [0.4, 0.5) is 0 Å². The SMILES string of the molecule is Cc1ccnc2nc(C(=O)NC3CCN([C@@H](C)c4ccccc4)CC3)nn12. The topological polar surface area (TPSA) is 75.4 Å². The van der Waals surface area contributed by atoms with E-state index in [1.807, 2.05) is 19.1 Å². The summed E-state index contributed by atoms with van der Waals surface area (Å²) in [4.78, 5) is 23.4. The molecule has 0 unspecified atom stereocenters. The highest BCUT2D eigenvalue weighted by Gasteiger charge is 2.25. The molecule has 1 atom stereocenters. The predicted octanol–water partition coefficient (Wildman–Crippen LogP) is 2.39. The van der Waals surface area contributed by atoms with Gasteiger partial charge in [0, 0.05) is 37.1 Å². The second kappa shape index (κ2) is 7.44. The van der Waals surface area contributed by atoms with Crippen molar-refractivity contribution < 1.29 is 4.79 Å². The lowest BCUT2D eigenvalue weighted by atomic mass is 10.00. The second-order valence-corrected chi connectivity index (χ2v) is 7.10. The summed E-state index contributed by atoms with van der Waals surface area (Å²) in [5.74, 6) is 0.401. The number of carbonyl (C=O) groups is 1. The van der Waals surface area contributed by atoms with Gasteiger partial charge in [-0.1, -0.05) is 30.3 Å². The quantitative estimate of drug-likeness (QED) is 0.769. The van der Waals surface area contributed by atoms with Crippen LogP contribution in [0.15, 0.2) is 42.6 Å². The normalized spacial score (nSPS) is 17.1. The van der Waals surface area contributed by atoms with Gasteiger partial charge in [-0.05, 0) is 38.3 Å². The molecule has 1 N–H and O–H groups in total. The summed E-state index contributed by atoms with van der Waals surface area (Å²) in [6.07, 6.45) is 3.52. The summed E-state index contributed by atoms with van der Waals surface area (Å²) in [6.45, 7) is 6.07. The Morgan fingerprint density at radius 1 is 1.19 bits per heavy atom. The number of piperidine rings is 1. The molecular formula is C20H24N6O. The number of benzene rings is 1. The lowest BCUT2D eigenvalue weighted by Crippen LogP contribution is -2.45. The van der Waals surface area contributed by atoms with Crippen molar-refractivity contribution >= 4 is 11.7 Å². The second-order valence-electron chi connectivity index (χ2n) is 7.10. The largest absolute Gasteiger partial charge is 0.346 e. The molecule has 3 heterocycles. The van der Waals surface area contributed by atoms with Crippen LogP contribution in [-0.2, 0) is 0 Å². The third kappa shape index (κ3) is 3.68. The number of nitrogens with one attached hydrogen (secondary N) is 1. The number of hydrogen-bond acceptors (Lipinski definition) is 5. The van der Waals surface area contributed by atoms with Gasteiger partial charge < -0.3 is 5.32 Å². The maximum Gasteiger partial charge on any atom is 0.291 e. The lowest BCUT2D eigenvalue weighted by molar-refractivity contribution is 0.0886. The maximum atomic E-state index is 12.5. The van der Waals surface area contributed by atoms with E-state index in [9.17, 15) is 4.79 Å². The predicted molar refractivity (Wildman–Crippen MR) is 102 cm³/mol. The number of likely N-dealkylation sites (tertiary alicyclic amines) is 1. The first-order valence-corrected chi connectivity index (χ1v) is 9.40. The van der Waals surface area contributed by atoms with Crippen LogP contribution in [0.5, 0.6) is 0 Å². The van der Waals surface area contributed by atoms with Crippen molar-refractivity contribution in [1.82, 2.24) is 29.8 Å². The highest BCUT2D eigenvalue weighted by Crippen LogP contribution is 2.24. The Labute approximate surface area is 158 Å². The molecule has 1 fully saturated rings. The first-order chi connectivity index (χ1) is 13.1. The molecule has 140 valence electrons. The van der Waals surface area contributed by atoms with E-state index in [4.69, 9.17) is 0 Å². The van der Waals surface area contributed by atoms with Crippen LogP contribution in [0.25, 0.3) is 5.78 Å². The third-order valence-corrected chi connectivity index (χ3v) is 5.33. The van der Waals surface area contributed by atoms with Gasteiger partial charge in [-0.15, -0.1) is 5.10 Å². The molecule has 1 aromatic carbocycles. The van der Waals surface area contributed by atoms with E-state index in [2.05, 4.69) is 56.5 Å². The van der Waals surface area contributed by atoms with E-state index in [0.29, 0.717) is 11.8 Å². The Morgan fingerprint density at radius 2 is 1.93 bits per heavy atom. The van der Waals surface area contributed by atoms with Crippen LogP contribution in [0, 0.1) is 6.92 Å². The van der Waals surface area contributed by atoms with Crippen molar-refractivity contribution in [3.8, 4) is 0 Å². The summed E-state index contributed by atoms with van der Waals surface area (Å²) in [6, 6.07) is 12.9. The summed E-state index contributed by atoms with van der Waals surface area (Å²) in [5, 5.41) is 7.36. The zero-order valence-corrected chi connectivity index (χ0v) is 15.7. The van der Waals surface area contributed by atoms with Gasteiger partial charge in [0.2, 0.25) is 5.82 Å². The van der Waals surface area contributed by atoms with Gasteiger partial charge in [0.25, 0.3) is 11.7 Å². The Kier molecular flexibility index (Phi) is 4.85. The van der Waals surface area contributed by atoms with Crippen LogP contribution >= 0.6 is 0 Å². The van der Waals surface area contributed by atoms with Crippen LogP contribution in [0.3, 0.4) is 0 Å². The van der Waals surface area contributed by atoms with Gasteiger partial charge in [-0.25, -0.2) is 9.50 Å². The Hall–Kier alpha value is -2.80. The number of amides is 1. The number of aromatic nitrogens is 4. The molecule has 0 bridgehead atoms. The average molecular weight is 364 g/mol. The first-order valence-electron chi connectivity index (χ1n) is 9.40. The molecule has 27 heavy (non-hydrogen) atoms. The minimum absolute atomic E-state index is 0.150. The molecule has 1 aliphatic rings. The fourth-order valence-electron chi connectivity index (χ4n) is 3.63. The maximum absolute atomic E-state index is 12.5. The van der Waals surface area contributed by atoms with E-state index in [1.54, 1.807) is 10.7 Å². The minimum atomic E-state index is -0.227. The summed E-state index contributed by atoms with van der Waals surface area (Å²) in [7, 11) is 0. The van der Waals surface area contributed by atoms with E-state index >= 15 is 0 Å². The van der Waals surface area contributed by atoms with Gasteiger partial charge in [0.05, 0.1) is 0 Å². The zero-order valence-electron chi connectivity index (χ0n) is 15.7. The van der Waals surface area contributed by atoms with E-state index < -0.39 is 0 Å². The first kappa shape index (κ1) is 17.6. The van der Waals surface area contributed by atoms with Gasteiger partial charge in [0.1, 0.15) is 0 Å². The van der Waals surface area contributed by atoms with E-state index in [1.165, 1.54) is 5.56 Å². The molecule has 7 nitrogen and oxygen atoms in total. The highest BCUT2D eigenvalue weighted by molar-refractivity contribution is 5.91. The van der Waals surface area contributed by atoms with Crippen LogP contribution in [0.2, 0.25) is 0 Å². The number of hydrogen-bond donors (Lipinski definition) is 1. The number of aryl methyl sites for hydroxylation is 1. The van der Waals surface area contributed by atoms with Crippen molar-refractivity contribution in [2.75, 3.05) is 13.1 Å². The molecule has 0 aliphatic carbocycles. The third-order valence-electron chi connectivity index (χ3n) is 5.33. The van der Waals surface area contributed by atoms with Crippen molar-refractivity contribution in [2.24, 2.45) is 0 Å². The molecule has 0 saturated carbocycles. The highest BCUT2D eigenvalue weighted by atomic mass is 16.2. The molecule has 7 heteroatoms. The Balaban J connectivity index is 1.36. The van der Waals surface area contributed by atoms with Gasteiger partial charge in [0.15, 0.2) is 0 Å². The molecule has 1 saturated heterocycles. The Morgan fingerprint density at radius 3 is 2.63 bits per heavy atom. The molecule has 2 aromatic heterocycles. The average Bonchev–Trinajstić information content (AvgIpc) is 3.15. The zero-order chi connectivity index (χ0) is 18.8. The molecular weight excluding hydrogens is 340 g/mol. The van der Waals surface area contributed by atoms with E-state index in [-0.39, 0.29) is 17.8 Å². The number of rotatable bonds is 4. The van der Waals surface area contributed by atoms with Crippen molar-refractivity contribution in [3.05, 3.63) is 59.7 Å². The summed E-state index contributed by atoms with van der Waals surface area (Å²) < 4.78 is 1.60. The van der Waals surface area contributed by atoms with Crippen LogP contribution < -0.4 is 5.32 Å². The van der Waals surface area contributed by atoms with Gasteiger partial charge >= 0.3 is 0 Å².